The Kier molecular flexibility index (Phi) is 30.0. The van der Waals surface area contributed by atoms with Gasteiger partial charge >= 0.3 is 19.8 Å². The van der Waals surface area contributed by atoms with E-state index in [4.69, 9.17) is 19.1 Å². The number of Topliss-reactive ketones (excluding diaryl/α,β-unsaturated/α-hetero) is 1. The van der Waals surface area contributed by atoms with E-state index in [-0.39, 0.29) is 37.9 Å². The predicted octanol–water partition coefficient (Wildman–Crippen LogP) is 6.64. The van der Waals surface area contributed by atoms with Gasteiger partial charge in [-0.3, -0.25) is 23.4 Å². The molecule has 8 atom stereocenters. The predicted molar refractivity (Wildman–Crippen MR) is 217 cm³/mol. The Hall–Kier alpha value is -1.74. The van der Waals surface area contributed by atoms with Crippen LogP contribution in [0, 0.1) is 17.8 Å². The molecule has 15 heteroatoms. The molecule has 1 fully saturated rings. The van der Waals surface area contributed by atoms with Gasteiger partial charge in [0.05, 0.1) is 38.1 Å². The molecule has 0 spiro atoms. The molecule has 1 aliphatic carbocycles. The van der Waals surface area contributed by atoms with Gasteiger partial charge < -0.3 is 39.9 Å². The van der Waals surface area contributed by atoms with Crippen LogP contribution in [0.4, 0.5) is 0 Å². The van der Waals surface area contributed by atoms with Crippen LogP contribution in [0.25, 0.3) is 0 Å². The van der Waals surface area contributed by atoms with Crippen LogP contribution >= 0.6 is 7.82 Å². The summed E-state index contributed by atoms with van der Waals surface area (Å²) >= 11 is 0. The lowest BCUT2D eigenvalue weighted by atomic mass is 9.87. The Labute approximate surface area is 341 Å². The van der Waals surface area contributed by atoms with Crippen LogP contribution in [0.2, 0.25) is 0 Å². The van der Waals surface area contributed by atoms with Gasteiger partial charge in [-0.15, -0.1) is 0 Å². The Balaban J connectivity index is 2.50. The van der Waals surface area contributed by atoms with Crippen molar-refractivity contribution >= 4 is 25.5 Å². The lowest BCUT2D eigenvalue weighted by molar-refractivity contribution is -0.161. The van der Waals surface area contributed by atoms with Gasteiger partial charge in [0.1, 0.15) is 18.5 Å². The number of carbonyl (C=O) groups excluding carboxylic acids is 3. The van der Waals surface area contributed by atoms with Gasteiger partial charge in [-0.05, 0) is 31.6 Å². The lowest BCUT2D eigenvalue weighted by Crippen LogP contribution is -2.29. The summed E-state index contributed by atoms with van der Waals surface area (Å²) in [4.78, 5) is 48.0. The van der Waals surface area contributed by atoms with Gasteiger partial charge in [0.15, 0.2) is 6.10 Å². The molecular formula is C42H77O14P. The Bertz CT molecular complexity index is 1150. The van der Waals surface area contributed by atoms with Crippen molar-refractivity contribution in [3.8, 4) is 0 Å². The molecule has 0 heterocycles. The molecule has 1 rings (SSSR count). The standard InChI is InChI=1S/C42H77O14P/c1-4-5-14-20-33(44)24-25-37-38(40(48)27-39(37)47)26-34(45)21-17-18-22-41(49)53-30-36(31-55-57(51,52)54-29-35(46)28-43)56-42(50)23-16-13-11-9-7-6-8-10-12-15-19-32(2)3/h24-25,32-33,35-40,43-44,46-48H,4-23,26-31H2,1-3H3,(H,51,52)/b25-24+/t33-,35-,36+,37+,38+,39+,40-/m0/s1. The number of unbranched alkanes of at least 4 members (excludes halogenated alkanes) is 12. The van der Waals surface area contributed by atoms with E-state index in [0.29, 0.717) is 25.7 Å². The molecule has 1 aliphatic rings. The normalized spacial score (nSPS) is 21.1. The molecule has 0 aliphatic heterocycles. The summed E-state index contributed by atoms with van der Waals surface area (Å²) in [5, 5.41) is 49.6. The van der Waals surface area contributed by atoms with Gasteiger partial charge in [-0.25, -0.2) is 4.57 Å². The van der Waals surface area contributed by atoms with Crippen molar-refractivity contribution in [2.24, 2.45) is 17.8 Å². The van der Waals surface area contributed by atoms with Crippen LogP contribution < -0.4 is 0 Å². The maximum absolute atomic E-state index is 12.8. The number of phosphoric ester groups is 1. The molecule has 0 amide bonds. The summed E-state index contributed by atoms with van der Waals surface area (Å²) in [6.07, 6.45) is 15.4. The maximum atomic E-state index is 12.8. The third kappa shape index (κ3) is 27.6. The number of phosphoric acid groups is 1. The summed E-state index contributed by atoms with van der Waals surface area (Å²) in [5.41, 5.74) is 0. The molecule has 334 valence electrons. The van der Waals surface area contributed by atoms with E-state index in [9.17, 15) is 44.3 Å². The van der Waals surface area contributed by atoms with Gasteiger partial charge in [0.2, 0.25) is 0 Å². The molecule has 0 aromatic rings. The Morgan fingerprint density at radius 2 is 1.30 bits per heavy atom. The van der Waals surface area contributed by atoms with E-state index in [2.05, 4.69) is 25.3 Å². The fourth-order valence-electron chi connectivity index (χ4n) is 6.88. The summed E-state index contributed by atoms with van der Waals surface area (Å²) in [7, 11) is -4.70. The highest BCUT2D eigenvalue weighted by Gasteiger charge is 2.41. The average Bonchev–Trinajstić information content (AvgIpc) is 3.43. The molecule has 0 aromatic heterocycles. The molecule has 0 aromatic carbocycles. The molecule has 1 unspecified atom stereocenters. The number of ketones is 1. The number of carbonyl (C=O) groups is 3. The zero-order chi connectivity index (χ0) is 42.5. The number of esters is 2. The smallest absolute Gasteiger partial charge is 0.462 e. The van der Waals surface area contributed by atoms with Crippen molar-refractivity contribution in [2.75, 3.05) is 26.4 Å². The summed E-state index contributed by atoms with van der Waals surface area (Å²) in [6.45, 7) is 4.13. The SMILES string of the molecule is CCCCC[C@H](O)/C=C/[C@@H]1[C@@H](CC(=O)CCCCC(=O)OC[C@H](COP(=O)(O)OC[C@@H](O)CO)OC(=O)CCCCCCCCCCCCC(C)C)[C@@H](O)C[C@H]1O. The number of hydrogen-bond acceptors (Lipinski definition) is 13. The Morgan fingerprint density at radius 3 is 1.93 bits per heavy atom. The topological polar surface area (TPSA) is 227 Å². The fourth-order valence-corrected chi connectivity index (χ4v) is 7.67. The highest BCUT2D eigenvalue weighted by Crippen LogP contribution is 2.43. The molecule has 0 bridgehead atoms. The highest BCUT2D eigenvalue weighted by molar-refractivity contribution is 7.47. The second kappa shape index (κ2) is 32.1. The number of hydrogen-bond donors (Lipinski definition) is 6. The largest absolute Gasteiger partial charge is 0.472 e. The van der Waals surface area contributed by atoms with Crippen LogP contribution in [0.3, 0.4) is 0 Å². The summed E-state index contributed by atoms with van der Waals surface area (Å²) < 4.78 is 32.6. The zero-order valence-electron chi connectivity index (χ0n) is 35.1. The van der Waals surface area contributed by atoms with Crippen molar-refractivity contribution in [3.63, 3.8) is 0 Å². The van der Waals surface area contributed by atoms with Gasteiger partial charge in [0.25, 0.3) is 0 Å². The molecule has 6 N–H and O–H groups in total. The van der Waals surface area contributed by atoms with Crippen molar-refractivity contribution < 1.29 is 67.9 Å². The second-order valence-corrected chi connectivity index (χ2v) is 17.6. The number of rotatable bonds is 36. The van der Waals surface area contributed by atoms with Gasteiger partial charge in [-0.2, -0.15) is 0 Å². The first kappa shape index (κ1) is 53.3. The fraction of sp³-hybridized carbons (Fsp3) is 0.881. The van der Waals surface area contributed by atoms with Crippen molar-refractivity contribution in [3.05, 3.63) is 12.2 Å². The van der Waals surface area contributed by atoms with E-state index >= 15 is 0 Å². The van der Waals surface area contributed by atoms with E-state index in [1.54, 1.807) is 12.2 Å². The van der Waals surface area contributed by atoms with Crippen LogP contribution in [-0.4, -0.2) is 105 Å². The molecule has 14 nitrogen and oxygen atoms in total. The minimum atomic E-state index is -4.70. The number of ether oxygens (including phenoxy) is 2. The van der Waals surface area contributed by atoms with Crippen LogP contribution in [-0.2, 0) is 37.5 Å². The van der Waals surface area contributed by atoms with Crippen LogP contribution in [0.15, 0.2) is 12.2 Å². The minimum Gasteiger partial charge on any atom is -0.462 e. The molecule has 1 saturated carbocycles. The first-order valence-electron chi connectivity index (χ1n) is 21.7. The molecule has 0 radical (unpaired) electrons. The third-order valence-electron chi connectivity index (χ3n) is 10.3. The first-order valence-corrected chi connectivity index (χ1v) is 23.2. The van der Waals surface area contributed by atoms with E-state index < -0.39 is 88.5 Å². The highest BCUT2D eigenvalue weighted by atomic mass is 31.2. The summed E-state index contributed by atoms with van der Waals surface area (Å²) in [6, 6.07) is 0. The second-order valence-electron chi connectivity index (χ2n) is 16.2. The van der Waals surface area contributed by atoms with E-state index in [0.717, 1.165) is 50.9 Å². The Morgan fingerprint density at radius 1 is 0.737 bits per heavy atom. The minimum absolute atomic E-state index is 0.0420. The molecule has 57 heavy (non-hydrogen) atoms. The average molecular weight is 837 g/mol. The van der Waals surface area contributed by atoms with Crippen molar-refractivity contribution in [1.29, 1.82) is 0 Å². The monoisotopic (exact) mass is 837 g/mol. The summed E-state index contributed by atoms with van der Waals surface area (Å²) in [5.74, 6) is -1.48. The van der Waals surface area contributed by atoms with E-state index in [1.165, 1.54) is 38.5 Å². The number of aliphatic hydroxyl groups excluding tert-OH is 5. The molecule has 0 saturated heterocycles. The quantitative estimate of drug-likeness (QED) is 0.0168. The number of aliphatic hydroxyl groups is 5. The van der Waals surface area contributed by atoms with E-state index in [1.807, 2.05) is 0 Å². The molecular weight excluding hydrogens is 759 g/mol. The van der Waals surface area contributed by atoms with Gasteiger partial charge in [0, 0.05) is 43.9 Å². The maximum Gasteiger partial charge on any atom is 0.472 e. The third-order valence-corrected chi connectivity index (χ3v) is 11.3. The van der Waals surface area contributed by atoms with Gasteiger partial charge in [-0.1, -0.05) is 116 Å². The van der Waals surface area contributed by atoms with Crippen LogP contribution in [0.5, 0.6) is 0 Å². The van der Waals surface area contributed by atoms with Crippen molar-refractivity contribution in [1.82, 2.24) is 0 Å². The lowest BCUT2D eigenvalue weighted by Gasteiger charge is -2.20. The van der Waals surface area contributed by atoms with Crippen molar-refractivity contribution in [2.45, 2.75) is 193 Å². The zero-order valence-corrected chi connectivity index (χ0v) is 35.9. The van der Waals surface area contributed by atoms with Crippen LogP contribution in [0.1, 0.15) is 162 Å². The first-order chi connectivity index (χ1) is 27.2.